The summed E-state index contributed by atoms with van der Waals surface area (Å²) in [5, 5.41) is 8.38. The van der Waals surface area contributed by atoms with Crippen molar-refractivity contribution in [3.05, 3.63) is 0 Å². The zero-order valence-corrected chi connectivity index (χ0v) is 17.7. The van der Waals surface area contributed by atoms with Gasteiger partial charge < -0.3 is 29.5 Å². The number of carbonyl (C=O) groups excluding carboxylic acids is 1. The monoisotopic (exact) mass is 362 g/mol. The van der Waals surface area contributed by atoms with E-state index in [0.717, 1.165) is 0 Å². The Bertz CT molecular complexity index is 249. The quantitative estimate of drug-likeness (QED) is 0.348. The molecule has 0 saturated heterocycles. The molecule has 0 fully saturated rings. The van der Waals surface area contributed by atoms with Gasteiger partial charge >= 0.3 is 35.5 Å². The Morgan fingerprint density at radius 1 is 0.792 bits per heavy atom. The van der Waals surface area contributed by atoms with Crippen LogP contribution in [0.25, 0.3) is 0 Å². The third kappa shape index (κ3) is 24.2. The van der Waals surface area contributed by atoms with Crippen molar-refractivity contribution in [3.63, 3.8) is 0 Å². The molecule has 0 aromatic rings. The van der Waals surface area contributed by atoms with Crippen LogP contribution in [0, 0.1) is 0 Å². The third-order valence-electron chi connectivity index (χ3n) is 2.21. The first kappa shape index (κ1) is 31.7. The molecular formula is C15H31NaO8. The van der Waals surface area contributed by atoms with Gasteiger partial charge in [0.25, 0.3) is 0 Å². The predicted molar refractivity (Wildman–Crippen MR) is 83.6 cm³/mol. The van der Waals surface area contributed by atoms with Crippen molar-refractivity contribution in [3.8, 4) is 0 Å². The summed E-state index contributed by atoms with van der Waals surface area (Å²) in [6.07, 6.45) is -0.686. The molecule has 8 nitrogen and oxygen atoms in total. The number of rotatable bonds is 12. The number of ketones is 1. The molecule has 2 N–H and O–H groups in total. The predicted octanol–water partition coefficient (Wildman–Crippen LogP) is -0.948. The third-order valence-corrected chi connectivity index (χ3v) is 2.21. The number of Topliss-reactive ketones (excluding diaryl/α,β-unsaturated/α-hetero) is 1. The summed E-state index contributed by atoms with van der Waals surface area (Å²) in [5.41, 5.74) is 0. The Balaban J connectivity index is -0.000000154. The zero-order chi connectivity index (χ0) is 17.4. The van der Waals surface area contributed by atoms with Crippen LogP contribution in [0.4, 0.5) is 0 Å². The minimum absolute atomic E-state index is 0. The van der Waals surface area contributed by atoms with E-state index in [1.54, 1.807) is 13.8 Å². The van der Waals surface area contributed by atoms with E-state index < -0.39 is 12.3 Å². The van der Waals surface area contributed by atoms with E-state index in [1.165, 1.54) is 6.92 Å². The molecule has 0 aliphatic carbocycles. The summed E-state index contributed by atoms with van der Waals surface area (Å²) >= 11 is 0. The Labute approximate surface area is 166 Å². The molecule has 0 atom stereocenters. The van der Waals surface area contributed by atoms with Gasteiger partial charge in [0.15, 0.2) is 12.6 Å². The van der Waals surface area contributed by atoms with Crippen LogP contribution in [0.5, 0.6) is 0 Å². The first-order valence-electron chi connectivity index (χ1n) is 7.58. The molecule has 0 radical (unpaired) electrons. The normalized spacial score (nSPS) is 9.62. The molecule has 0 spiro atoms. The number of hydrogen-bond acceptors (Lipinski definition) is 7. The summed E-state index contributed by atoms with van der Waals surface area (Å²) in [5.74, 6) is -0.811. The van der Waals surface area contributed by atoms with E-state index in [2.05, 4.69) is 0 Å². The van der Waals surface area contributed by atoms with Gasteiger partial charge in [-0.3, -0.25) is 9.59 Å². The average Bonchev–Trinajstić information content (AvgIpc) is 2.39. The number of carboxylic acids is 1. The molecule has 0 unspecified atom stereocenters. The van der Waals surface area contributed by atoms with Gasteiger partial charge in [0.05, 0.1) is 12.8 Å². The smallest absolute Gasteiger partial charge is 0.870 e. The molecule has 0 saturated carbocycles. The first-order valence-corrected chi connectivity index (χ1v) is 7.58. The largest absolute Gasteiger partial charge is 1.00 e. The van der Waals surface area contributed by atoms with Crippen molar-refractivity contribution in [1.29, 1.82) is 0 Å². The Morgan fingerprint density at radius 2 is 1.08 bits per heavy atom. The summed E-state index contributed by atoms with van der Waals surface area (Å²) in [4.78, 5) is 20.8. The van der Waals surface area contributed by atoms with Crippen molar-refractivity contribution >= 4 is 11.8 Å². The number of carbonyl (C=O) groups is 2. The van der Waals surface area contributed by atoms with Gasteiger partial charge in [-0.05, 0) is 34.6 Å². The summed E-state index contributed by atoms with van der Waals surface area (Å²) in [7, 11) is 0. The second kappa shape index (κ2) is 22.9. The van der Waals surface area contributed by atoms with Crippen LogP contribution in [-0.4, -0.2) is 61.3 Å². The zero-order valence-electron chi connectivity index (χ0n) is 15.7. The van der Waals surface area contributed by atoms with E-state index in [9.17, 15) is 9.59 Å². The molecule has 0 aliphatic heterocycles. The van der Waals surface area contributed by atoms with E-state index in [0.29, 0.717) is 32.8 Å². The van der Waals surface area contributed by atoms with Crippen LogP contribution in [0.15, 0.2) is 0 Å². The molecule has 0 bridgehead atoms. The molecule has 24 heavy (non-hydrogen) atoms. The maximum absolute atomic E-state index is 10.6. The molecule has 0 aromatic heterocycles. The fraction of sp³-hybridized carbons (Fsp3) is 0.867. The van der Waals surface area contributed by atoms with Crippen molar-refractivity contribution in [2.24, 2.45) is 0 Å². The summed E-state index contributed by atoms with van der Waals surface area (Å²) in [6.45, 7) is 11.0. The van der Waals surface area contributed by atoms with Crippen molar-refractivity contribution in [2.75, 3.05) is 26.4 Å². The number of hydrogen-bond donors (Lipinski definition) is 1. The molecule has 0 amide bonds. The van der Waals surface area contributed by atoms with Gasteiger partial charge in [-0.2, -0.15) is 0 Å². The topological polar surface area (TPSA) is 121 Å². The molecular weight excluding hydrogens is 331 g/mol. The van der Waals surface area contributed by atoms with Gasteiger partial charge in [0.2, 0.25) is 0 Å². The van der Waals surface area contributed by atoms with Crippen molar-refractivity contribution in [1.82, 2.24) is 0 Å². The molecule has 0 aromatic carbocycles. The fourth-order valence-electron chi connectivity index (χ4n) is 1.45. The fourth-order valence-corrected chi connectivity index (χ4v) is 1.45. The van der Waals surface area contributed by atoms with E-state index in [-0.39, 0.29) is 53.5 Å². The minimum Gasteiger partial charge on any atom is -0.870 e. The van der Waals surface area contributed by atoms with Crippen molar-refractivity contribution in [2.45, 2.75) is 60.0 Å². The van der Waals surface area contributed by atoms with E-state index in [1.807, 2.05) is 13.8 Å². The standard InChI is InChI=1S/C8H16O3.C7H14O4.Na.H2O/c1-4-10-8(11-5-2)6-7(3)9;1-3-10-7(11-4-2)5-6(8)9;;/h8H,4-6H2,1-3H3;7H,3-5H2,1-2H3,(H,8,9);;1H2/q;;+1;/p-1. The van der Waals surface area contributed by atoms with Crippen LogP contribution in [0.3, 0.4) is 0 Å². The van der Waals surface area contributed by atoms with E-state index >= 15 is 0 Å². The van der Waals surface area contributed by atoms with Gasteiger partial charge in [-0.15, -0.1) is 0 Å². The molecule has 140 valence electrons. The Kier molecular flexibility index (Phi) is 30.3. The average molecular weight is 362 g/mol. The first-order chi connectivity index (χ1) is 10.4. The SMILES string of the molecule is CCOC(CC(=O)O)OCC.CCOC(CC(C)=O)OCC.[Na+].[OH-]. The number of carboxylic acid groups (broad SMARTS) is 1. The molecule has 0 heterocycles. The van der Waals surface area contributed by atoms with Crippen LogP contribution < -0.4 is 29.6 Å². The van der Waals surface area contributed by atoms with Crippen molar-refractivity contribution < 1.29 is 68.7 Å². The minimum atomic E-state index is -0.906. The molecule has 9 heteroatoms. The molecule has 0 aliphatic rings. The second-order valence-corrected chi connectivity index (χ2v) is 4.18. The second-order valence-electron chi connectivity index (χ2n) is 4.18. The van der Waals surface area contributed by atoms with Gasteiger partial charge in [-0.1, -0.05) is 0 Å². The summed E-state index contributed by atoms with van der Waals surface area (Å²) in [6, 6.07) is 0. The van der Waals surface area contributed by atoms with Gasteiger partial charge in [0, 0.05) is 26.4 Å². The van der Waals surface area contributed by atoms with Crippen LogP contribution >= 0.6 is 0 Å². The van der Waals surface area contributed by atoms with Crippen LogP contribution in [0.2, 0.25) is 0 Å². The number of aliphatic carboxylic acids is 1. The van der Waals surface area contributed by atoms with Gasteiger partial charge in [-0.25, -0.2) is 0 Å². The maximum Gasteiger partial charge on any atom is 1.00 e. The summed E-state index contributed by atoms with van der Waals surface area (Å²) < 4.78 is 20.3. The maximum atomic E-state index is 10.6. The number of ether oxygens (including phenoxy) is 4. The van der Waals surface area contributed by atoms with Crippen LogP contribution in [0.1, 0.15) is 47.5 Å². The van der Waals surface area contributed by atoms with Gasteiger partial charge in [0.1, 0.15) is 5.78 Å². The van der Waals surface area contributed by atoms with E-state index in [4.69, 9.17) is 24.1 Å². The van der Waals surface area contributed by atoms with Crippen LogP contribution in [-0.2, 0) is 28.5 Å². The molecule has 0 rings (SSSR count). The Hall–Kier alpha value is -0.0600. The Morgan fingerprint density at radius 3 is 1.29 bits per heavy atom.